The summed E-state index contributed by atoms with van der Waals surface area (Å²) in [6, 6.07) is 47.0. The average Bonchev–Trinajstić information content (AvgIpc) is 3.47. The Hall–Kier alpha value is -4.88. The fourth-order valence-corrected chi connectivity index (χ4v) is 6.80. The number of rotatable bonds is 1. The molecule has 0 saturated heterocycles. The molecule has 0 fully saturated rings. The topological polar surface area (TPSA) is 4.93 Å². The van der Waals surface area contributed by atoms with Gasteiger partial charge in [0.05, 0.1) is 16.7 Å². The van der Waals surface area contributed by atoms with Gasteiger partial charge in [-0.05, 0) is 55.8 Å². The number of aromatic nitrogens is 1. The molecule has 1 aromatic heterocycles. The SMILES string of the molecule is c1cc2c3c(cccc3c1)-c1c-2ccc2c3ccccc3n(-c3cc4ccccc4c4ccccc34)c12. The normalized spacial score (nSPS) is 12.3. The van der Waals surface area contributed by atoms with Gasteiger partial charge >= 0.3 is 0 Å². The van der Waals surface area contributed by atoms with Gasteiger partial charge in [-0.3, -0.25) is 0 Å². The van der Waals surface area contributed by atoms with Crippen molar-refractivity contribution < 1.29 is 0 Å². The minimum Gasteiger partial charge on any atom is -0.308 e. The van der Waals surface area contributed by atoms with Crippen LogP contribution in [0.3, 0.4) is 0 Å². The molecule has 1 heteroatoms. The average molecular weight is 468 g/mol. The summed E-state index contributed by atoms with van der Waals surface area (Å²) in [6.07, 6.45) is 0. The van der Waals surface area contributed by atoms with Crippen molar-refractivity contribution in [1.82, 2.24) is 4.57 Å². The zero-order valence-corrected chi connectivity index (χ0v) is 20.1. The summed E-state index contributed by atoms with van der Waals surface area (Å²) < 4.78 is 2.53. The highest BCUT2D eigenvalue weighted by atomic mass is 15.0. The lowest BCUT2D eigenvalue weighted by Gasteiger charge is -2.16. The molecule has 1 aliphatic rings. The van der Waals surface area contributed by atoms with E-state index in [2.05, 4.69) is 132 Å². The maximum atomic E-state index is 2.53. The molecule has 1 nitrogen and oxygen atoms in total. The molecule has 1 aliphatic carbocycles. The van der Waals surface area contributed by atoms with E-state index < -0.39 is 0 Å². The third kappa shape index (κ3) is 2.39. The lowest BCUT2D eigenvalue weighted by atomic mass is 9.98. The molecule has 37 heavy (non-hydrogen) atoms. The van der Waals surface area contributed by atoms with Gasteiger partial charge in [-0.1, -0.05) is 115 Å². The quantitative estimate of drug-likeness (QED) is 0.212. The monoisotopic (exact) mass is 467 g/mol. The van der Waals surface area contributed by atoms with Gasteiger partial charge in [-0.15, -0.1) is 0 Å². The van der Waals surface area contributed by atoms with Crippen molar-refractivity contribution in [1.29, 1.82) is 0 Å². The zero-order chi connectivity index (χ0) is 24.1. The van der Waals surface area contributed by atoms with E-state index in [1.54, 1.807) is 0 Å². The van der Waals surface area contributed by atoms with E-state index in [4.69, 9.17) is 0 Å². The maximum Gasteiger partial charge on any atom is 0.0626 e. The summed E-state index contributed by atoms with van der Waals surface area (Å²) in [7, 11) is 0. The molecule has 9 rings (SSSR count). The van der Waals surface area contributed by atoms with Crippen LogP contribution in [-0.2, 0) is 0 Å². The highest BCUT2D eigenvalue weighted by molar-refractivity contribution is 6.25. The van der Waals surface area contributed by atoms with Crippen molar-refractivity contribution >= 4 is 54.1 Å². The van der Waals surface area contributed by atoms with Crippen molar-refractivity contribution in [2.75, 3.05) is 0 Å². The van der Waals surface area contributed by atoms with Gasteiger partial charge in [-0.25, -0.2) is 0 Å². The molecule has 0 spiro atoms. The first-order valence-corrected chi connectivity index (χ1v) is 12.9. The second-order valence-corrected chi connectivity index (χ2v) is 10.1. The Bertz CT molecular complexity index is 2240. The van der Waals surface area contributed by atoms with Gasteiger partial charge in [0.25, 0.3) is 0 Å². The summed E-state index contributed by atoms with van der Waals surface area (Å²) in [5.74, 6) is 0. The Balaban J connectivity index is 1.55. The van der Waals surface area contributed by atoms with E-state index in [0.717, 1.165) is 0 Å². The highest BCUT2D eigenvalue weighted by Gasteiger charge is 2.27. The first-order chi connectivity index (χ1) is 18.4. The van der Waals surface area contributed by atoms with Crippen LogP contribution in [0.4, 0.5) is 0 Å². The van der Waals surface area contributed by atoms with E-state index in [9.17, 15) is 0 Å². The Morgan fingerprint density at radius 3 is 1.95 bits per heavy atom. The Morgan fingerprint density at radius 2 is 1.08 bits per heavy atom. The smallest absolute Gasteiger partial charge is 0.0626 e. The molecule has 170 valence electrons. The van der Waals surface area contributed by atoms with E-state index in [1.807, 2.05) is 0 Å². The van der Waals surface area contributed by atoms with E-state index in [0.29, 0.717) is 0 Å². The molecule has 8 aromatic rings. The number of hydrogen-bond acceptors (Lipinski definition) is 0. The number of hydrogen-bond donors (Lipinski definition) is 0. The van der Waals surface area contributed by atoms with E-state index in [1.165, 1.54) is 82.1 Å². The van der Waals surface area contributed by atoms with Crippen LogP contribution in [0.1, 0.15) is 0 Å². The molecule has 0 saturated carbocycles. The van der Waals surface area contributed by atoms with Crippen LogP contribution in [0.2, 0.25) is 0 Å². The minimum atomic E-state index is 1.23. The van der Waals surface area contributed by atoms with Crippen LogP contribution in [0.25, 0.3) is 82.1 Å². The van der Waals surface area contributed by atoms with E-state index in [-0.39, 0.29) is 0 Å². The Labute approximate surface area is 213 Å². The van der Waals surface area contributed by atoms with Gasteiger partial charge in [0.2, 0.25) is 0 Å². The lowest BCUT2D eigenvalue weighted by Crippen LogP contribution is -1.97. The number of nitrogens with zero attached hydrogens (tertiary/aromatic N) is 1. The molecule has 0 unspecified atom stereocenters. The molecular formula is C36H21N. The van der Waals surface area contributed by atoms with Crippen molar-refractivity contribution in [2.24, 2.45) is 0 Å². The number of benzene rings is 7. The second-order valence-electron chi connectivity index (χ2n) is 10.1. The summed E-state index contributed by atoms with van der Waals surface area (Å²) in [4.78, 5) is 0. The van der Waals surface area contributed by atoms with Gasteiger partial charge in [0.1, 0.15) is 0 Å². The van der Waals surface area contributed by atoms with Crippen LogP contribution in [0.15, 0.2) is 127 Å². The van der Waals surface area contributed by atoms with Gasteiger partial charge in [0, 0.05) is 21.7 Å². The summed E-state index contributed by atoms with van der Waals surface area (Å²) >= 11 is 0. The van der Waals surface area contributed by atoms with Crippen LogP contribution in [-0.4, -0.2) is 4.57 Å². The fourth-order valence-electron chi connectivity index (χ4n) is 6.80. The predicted molar refractivity (Wildman–Crippen MR) is 158 cm³/mol. The zero-order valence-electron chi connectivity index (χ0n) is 20.1. The van der Waals surface area contributed by atoms with Crippen molar-refractivity contribution in [3.8, 4) is 27.9 Å². The molecule has 0 bridgehead atoms. The molecule has 0 atom stereocenters. The highest BCUT2D eigenvalue weighted by Crippen LogP contribution is 2.52. The minimum absolute atomic E-state index is 1.23. The molecule has 1 heterocycles. The molecule has 7 aromatic carbocycles. The van der Waals surface area contributed by atoms with Gasteiger partial charge in [-0.2, -0.15) is 0 Å². The summed E-state index contributed by atoms with van der Waals surface area (Å²) in [5.41, 5.74) is 9.12. The Morgan fingerprint density at radius 1 is 0.405 bits per heavy atom. The number of fused-ring (bicyclic) bond motifs is 10. The van der Waals surface area contributed by atoms with Crippen LogP contribution in [0, 0.1) is 0 Å². The number of para-hydroxylation sites is 1. The van der Waals surface area contributed by atoms with Gasteiger partial charge in [0.15, 0.2) is 0 Å². The van der Waals surface area contributed by atoms with Crippen molar-refractivity contribution in [3.63, 3.8) is 0 Å². The second kappa shape index (κ2) is 6.87. The first kappa shape index (κ1) is 19.3. The summed E-state index contributed by atoms with van der Waals surface area (Å²) in [6.45, 7) is 0. The van der Waals surface area contributed by atoms with Crippen molar-refractivity contribution in [2.45, 2.75) is 0 Å². The molecule has 0 N–H and O–H groups in total. The van der Waals surface area contributed by atoms with Crippen LogP contribution < -0.4 is 0 Å². The largest absolute Gasteiger partial charge is 0.308 e. The molecule has 0 aliphatic heterocycles. The van der Waals surface area contributed by atoms with Crippen LogP contribution in [0.5, 0.6) is 0 Å². The third-order valence-electron chi connectivity index (χ3n) is 8.29. The van der Waals surface area contributed by atoms with Crippen LogP contribution >= 0.6 is 0 Å². The standard InChI is InChI=1S/C36H21N/c1-2-12-24-23(9-1)21-33(26-14-4-3-13-25(24)26)37-32-18-6-5-15-27(32)30-20-19-29-28-16-7-10-22-11-8-17-31(34(22)28)35(29)36(30)37/h1-21H. The van der Waals surface area contributed by atoms with Crippen molar-refractivity contribution in [3.05, 3.63) is 127 Å². The molecule has 0 amide bonds. The van der Waals surface area contributed by atoms with Gasteiger partial charge < -0.3 is 4.57 Å². The molecular weight excluding hydrogens is 446 g/mol. The Kier molecular flexibility index (Phi) is 3.59. The van der Waals surface area contributed by atoms with E-state index >= 15 is 0 Å². The fraction of sp³-hybridized carbons (Fsp3) is 0. The first-order valence-electron chi connectivity index (χ1n) is 12.9. The predicted octanol–water partition coefficient (Wildman–Crippen LogP) is 9.89. The third-order valence-corrected chi connectivity index (χ3v) is 8.29. The lowest BCUT2D eigenvalue weighted by molar-refractivity contribution is 1.20. The summed E-state index contributed by atoms with van der Waals surface area (Å²) in [5, 5.41) is 10.4. The maximum absolute atomic E-state index is 2.53. The molecule has 0 radical (unpaired) electrons.